The molecule has 1 aromatic rings. The topological polar surface area (TPSA) is 72.5 Å². The first-order valence-electron chi connectivity index (χ1n) is 5.44. The quantitative estimate of drug-likeness (QED) is 0.556. The molecule has 1 aromatic carbocycles. The molecule has 4 heteroatoms. The van der Waals surface area contributed by atoms with E-state index in [1.165, 1.54) is 0 Å². The predicted octanol–water partition coefficient (Wildman–Crippen LogP) is 1.60. The van der Waals surface area contributed by atoms with Crippen molar-refractivity contribution in [3.8, 4) is 5.75 Å². The molecule has 0 saturated heterocycles. The summed E-state index contributed by atoms with van der Waals surface area (Å²) in [5, 5.41) is 8.68. The van der Waals surface area contributed by atoms with Crippen LogP contribution in [0.1, 0.15) is 12.0 Å². The maximum Gasteiger partial charge on any atom is 0.320 e. The Hall–Kier alpha value is -1.81. The van der Waals surface area contributed by atoms with Crippen molar-refractivity contribution in [3.63, 3.8) is 0 Å². The lowest BCUT2D eigenvalue weighted by Crippen LogP contribution is -2.32. The van der Waals surface area contributed by atoms with Crippen LogP contribution in [0.15, 0.2) is 36.9 Å². The fraction of sp³-hybridized carbons (Fsp3) is 0.308. The Morgan fingerprint density at radius 1 is 1.47 bits per heavy atom. The van der Waals surface area contributed by atoms with Crippen molar-refractivity contribution in [2.24, 2.45) is 5.73 Å². The predicted molar refractivity (Wildman–Crippen MR) is 66.1 cm³/mol. The first-order valence-corrected chi connectivity index (χ1v) is 5.44. The van der Waals surface area contributed by atoms with E-state index in [9.17, 15) is 4.79 Å². The highest BCUT2D eigenvalue weighted by molar-refractivity contribution is 5.73. The van der Waals surface area contributed by atoms with Gasteiger partial charge in [-0.25, -0.2) is 0 Å². The van der Waals surface area contributed by atoms with E-state index >= 15 is 0 Å². The van der Waals surface area contributed by atoms with Gasteiger partial charge in [-0.15, -0.1) is 6.58 Å². The molecule has 0 aromatic heterocycles. The van der Waals surface area contributed by atoms with E-state index in [0.29, 0.717) is 13.0 Å². The first kappa shape index (κ1) is 13.3. The van der Waals surface area contributed by atoms with Gasteiger partial charge in [0.1, 0.15) is 11.8 Å². The largest absolute Gasteiger partial charge is 0.493 e. The summed E-state index contributed by atoms with van der Waals surface area (Å²) in [6, 6.07) is 6.42. The van der Waals surface area contributed by atoms with Crippen LogP contribution in [0.2, 0.25) is 0 Å². The summed E-state index contributed by atoms with van der Waals surface area (Å²) in [5.41, 5.74) is 6.33. The maximum absolute atomic E-state index is 10.6. The van der Waals surface area contributed by atoms with Crippen LogP contribution in [0.25, 0.3) is 0 Å². The third-order valence-corrected chi connectivity index (χ3v) is 2.29. The molecule has 0 radical (unpaired) electrons. The smallest absolute Gasteiger partial charge is 0.320 e. The van der Waals surface area contributed by atoms with Crippen LogP contribution < -0.4 is 10.5 Å². The van der Waals surface area contributed by atoms with Gasteiger partial charge in [0.25, 0.3) is 0 Å². The second kappa shape index (κ2) is 6.70. The van der Waals surface area contributed by atoms with Gasteiger partial charge in [0.05, 0.1) is 6.61 Å². The average molecular weight is 235 g/mol. The van der Waals surface area contributed by atoms with Crippen molar-refractivity contribution < 1.29 is 14.6 Å². The summed E-state index contributed by atoms with van der Waals surface area (Å²) in [6.07, 6.45) is 2.91. The van der Waals surface area contributed by atoms with Crippen LogP contribution in [0, 0.1) is 0 Å². The number of carboxylic acid groups (broad SMARTS) is 1. The summed E-state index contributed by atoms with van der Waals surface area (Å²) >= 11 is 0. The number of nitrogens with two attached hydrogens (primary N) is 1. The van der Waals surface area contributed by atoms with Crippen LogP contribution >= 0.6 is 0 Å². The van der Waals surface area contributed by atoms with E-state index in [0.717, 1.165) is 17.7 Å². The van der Waals surface area contributed by atoms with Gasteiger partial charge in [-0.1, -0.05) is 18.2 Å². The number of ether oxygens (including phenoxy) is 1. The Labute approximate surface area is 101 Å². The lowest BCUT2D eigenvalue weighted by molar-refractivity contribution is -0.138. The third kappa shape index (κ3) is 4.70. The van der Waals surface area contributed by atoms with Crippen LogP contribution in [-0.2, 0) is 11.2 Å². The van der Waals surface area contributed by atoms with Gasteiger partial charge in [-0.05, 0) is 30.5 Å². The Morgan fingerprint density at radius 2 is 2.12 bits per heavy atom. The molecule has 0 heterocycles. The standard InChI is InChI=1S/C13H17NO3/c1-2-3-8-17-11-6-4-10(5-7-11)9-12(14)13(15)16/h2,4-7,12H,1,3,8-9,14H2,(H,15,16)/t12-/m0/s1. The van der Waals surface area contributed by atoms with Crippen LogP contribution in [0.5, 0.6) is 5.75 Å². The van der Waals surface area contributed by atoms with Crippen molar-refractivity contribution in [1.29, 1.82) is 0 Å². The molecule has 17 heavy (non-hydrogen) atoms. The highest BCUT2D eigenvalue weighted by atomic mass is 16.5. The molecule has 0 aliphatic heterocycles. The van der Waals surface area contributed by atoms with Crippen molar-refractivity contribution >= 4 is 5.97 Å². The van der Waals surface area contributed by atoms with Crippen LogP contribution in [-0.4, -0.2) is 23.7 Å². The van der Waals surface area contributed by atoms with E-state index in [4.69, 9.17) is 15.6 Å². The number of hydrogen-bond acceptors (Lipinski definition) is 3. The Kier molecular flexibility index (Phi) is 5.23. The molecule has 0 fully saturated rings. The van der Waals surface area contributed by atoms with Crippen molar-refractivity contribution in [2.45, 2.75) is 18.9 Å². The minimum atomic E-state index is -0.990. The Bertz CT molecular complexity index is 373. The summed E-state index contributed by atoms with van der Waals surface area (Å²) in [6.45, 7) is 4.20. The van der Waals surface area contributed by atoms with Crippen LogP contribution in [0.4, 0.5) is 0 Å². The molecule has 0 spiro atoms. The lowest BCUT2D eigenvalue weighted by atomic mass is 10.1. The van der Waals surface area contributed by atoms with Crippen molar-refractivity contribution in [1.82, 2.24) is 0 Å². The van der Waals surface area contributed by atoms with E-state index in [1.54, 1.807) is 6.08 Å². The van der Waals surface area contributed by atoms with Gasteiger partial charge < -0.3 is 15.6 Å². The number of carboxylic acids is 1. The molecule has 92 valence electrons. The zero-order chi connectivity index (χ0) is 12.7. The zero-order valence-electron chi connectivity index (χ0n) is 9.63. The van der Waals surface area contributed by atoms with Gasteiger partial charge in [0.2, 0.25) is 0 Å². The van der Waals surface area contributed by atoms with Crippen LogP contribution in [0.3, 0.4) is 0 Å². The van der Waals surface area contributed by atoms with Crippen molar-refractivity contribution in [2.75, 3.05) is 6.61 Å². The molecule has 3 N–H and O–H groups in total. The average Bonchev–Trinajstić information content (AvgIpc) is 2.31. The molecule has 0 aliphatic carbocycles. The molecule has 4 nitrogen and oxygen atoms in total. The molecule has 0 amide bonds. The second-order valence-electron chi connectivity index (χ2n) is 3.72. The molecular weight excluding hydrogens is 218 g/mol. The summed E-state index contributed by atoms with van der Waals surface area (Å²) < 4.78 is 5.44. The van der Waals surface area contributed by atoms with Gasteiger partial charge in [-0.3, -0.25) is 4.79 Å². The normalized spacial score (nSPS) is 11.8. The van der Waals surface area contributed by atoms with Crippen molar-refractivity contribution in [3.05, 3.63) is 42.5 Å². The summed E-state index contributed by atoms with van der Waals surface area (Å²) in [5.74, 6) is -0.226. The molecule has 1 rings (SSSR count). The van der Waals surface area contributed by atoms with E-state index < -0.39 is 12.0 Å². The van der Waals surface area contributed by atoms with Gasteiger partial charge in [0.15, 0.2) is 0 Å². The summed E-state index contributed by atoms with van der Waals surface area (Å²) in [7, 11) is 0. The fourth-order valence-corrected chi connectivity index (χ4v) is 1.32. The molecule has 0 aliphatic rings. The van der Waals surface area contributed by atoms with E-state index in [2.05, 4.69) is 6.58 Å². The molecular formula is C13H17NO3. The number of hydrogen-bond donors (Lipinski definition) is 2. The SMILES string of the molecule is C=CCCOc1ccc(C[C@H](N)C(=O)O)cc1. The monoisotopic (exact) mass is 235 g/mol. The summed E-state index contributed by atoms with van der Waals surface area (Å²) in [4.78, 5) is 10.6. The van der Waals surface area contributed by atoms with Gasteiger partial charge >= 0.3 is 5.97 Å². The van der Waals surface area contributed by atoms with E-state index in [1.807, 2.05) is 24.3 Å². The van der Waals surface area contributed by atoms with Gasteiger partial charge in [0, 0.05) is 0 Å². The molecule has 0 saturated carbocycles. The maximum atomic E-state index is 10.6. The zero-order valence-corrected chi connectivity index (χ0v) is 9.63. The van der Waals surface area contributed by atoms with Gasteiger partial charge in [-0.2, -0.15) is 0 Å². The van der Waals surface area contributed by atoms with E-state index in [-0.39, 0.29) is 0 Å². The molecule has 1 atom stereocenters. The highest BCUT2D eigenvalue weighted by Gasteiger charge is 2.11. The number of rotatable bonds is 7. The lowest BCUT2D eigenvalue weighted by Gasteiger charge is -2.08. The Balaban J connectivity index is 2.49. The Morgan fingerprint density at radius 3 is 2.65 bits per heavy atom. The first-order chi connectivity index (χ1) is 8.13. The molecule has 0 bridgehead atoms. The number of carbonyl (C=O) groups is 1. The number of aliphatic carboxylic acids is 1. The minimum absolute atomic E-state index is 0.322. The fourth-order valence-electron chi connectivity index (χ4n) is 1.32. The second-order valence-corrected chi connectivity index (χ2v) is 3.72. The third-order valence-electron chi connectivity index (χ3n) is 2.29. The number of benzene rings is 1. The molecule has 0 unspecified atom stereocenters. The minimum Gasteiger partial charge on any atom is -0.493 e. The highest BCUT2D eigenvalue weighted by Crippen LogP contribution is 2.13.